The highest BCUT2D eigenvalue weighted by atomic mass is 35.5. The summed E-state index contributed by atoms with van der Waals surface area (Å²) in [4.78, 5) is 25.7. The van der Waals surface area contributed by atoms with Crippen molar-refractivity contribution < 1.29 is 14.3 Å². The number of methoxy groups -OCH3 is 1. The van der Waals surface area contributed by atoms with Crippen LogP contribution in [0, 0.1) is 5.92 Å². The van der Waals surface area contributed by atoms with Crippen molar-refractivity contribution in [1.82, 2.24) is 4.90 Å². The van der Waals surface area contributed by atoms with Crippen LogP contribution in [0.15, 0.2) is 24.3 Å². The molecule has 6 heteroatoms. The Kier molecular flexibility index (Phi) is 8.48. The molecule has 1 unspecified atom stereocenters. The van der Waals surface area contributed by atoms with Crippen LogP contribution < -0.4 is 5.32 Å². The van der Waals surface area contributed by atoms with E-state index in [9.17, 15) is 9.59 Å². The number of anilines is 1. The summed E-state index contributed by atoms with van der Waals surface area (Å²) in [5.74, 6) is -0.687. The number of ether oxygens (including phenoxy) is 1. The molecular formula is C17H25ClN2O3. The van der Waals surface area contributed by atoms with Crippen LogP contribution in [-0.2, 0) is 9.53 Å². The van der Waals surface area contributed by atoms with E-state index in [0.717, 1.165) is 19.3 Å². The van der Waals surface area contributed by atoms with E-state index in [2.05, 4.69) is 12.2 Å². The molecule has 0 fully saturated rings. The zero-order chi connectivity index (χ0) is 17.2. The first-order valence-electron chi connectivity index (χ1n) is 7.87. The van der Waals surface area contributed by atoms with E-state index in [-0.39, 0.29) is 17.9 Å². The SMILES string of the molecule is CCCCCN(CC(C)C(=O)OC)C(=O)Nc1cccc(Cl)c1. The molecule has 0 bridgehead atoms. The topological polar surface area (TPSA) is 58.6 Å². The van der Waals surface area contributed by atoms with Crippen molar-refractivity contribution in [1.29, 1.82) is 0 Å². The Morgan fingerprint density at radius 1 is 1.35 bits per heavy atom. The third-order valence-electron chi connectivity index (χ3n) is 3.49. The molecule has 0 heterocycles. The molecule has 1 atom stereocenters. The number of hydrogen-bond acceptors (Lipinski definition) is 3. The second-order valence-corrected chi connectivity index (χ2v) is 5.95. The Balaban J connectivity index is 2.72. The molecule has 0 saturated heterocycles. The van der Waals surface area contributed by atoms with Gasteiger partial charge in [-0.15, -0.1) is 0 Å². The number of esters is 1. The molecule has 1 aromatic rings. The normalized spacial score (nSPS) is 11.7. The van der Waals surface area contributed by atoms with Gasteiger partial charge in [0, 0.05) is 23.8 Å². The molecule has 0 aliphatic rings. The standard InChI is InChI=1S/C17H25ClN2O3/c1-4-5-6-10-20(12-13(2)16(21)23-3)17(22)19-15-9-7-8-14(18)11-15/h7-9,11,13H,4-6,10,12H2,1-3H3,(H,19,22). The van der Waals surface area contributed by atoms with Crippen LogP contribution in [0.3, 0.4) is 0 Å². The Labute approximate surface area is 142 Å². The van der Waals surface area contributed by atoms with E-state index in [4.69, 9.17) is 16.3 Å². The number of halogens is 1. The number of carbonyl (C=O) groups is 2. The van der Waals surface area contributed by atoms with Gasteiger partial charge in [0.05, 0.1) is 13.0 Å². The van der Waals surface area contributed by atoms with Gasteiger partial charge < -0.3 is 15.0 Å². The predicted octanol–water partition coefficient (Wildman–Crippen LogP) is 4.17. The molecule has 1 rings (SSSR count). The molecule has 128 valence electrons. The highest BCUT2D eigenvalue weighted by Gasteiger charge is 2.21. The average molecular weight is 341 g/mol. The van der Waals surface area contributed by atoms with Crippen molar-refractivity contribution in [2.45, 2.75) is 33.1 Å². The summed E-state index contributed by atoms with van der Waals surface area (Å²) >= 11 is 5.93. The summed E-state index contributed by atoms with van der Waals surface area (Å²) < 4.78 is 4.74. The maximum Gasteiger partial charge on any atom is 0.321 e. The predicted molar refractivity (Wildman–Crippen MR) is 92.7 cm³/mol. The first-order chi connectivity index (χ1) is 11.0. The Bertz CT molecular complexity index is 522. The van der Waals surface area contributed by atoms with Gasteiger partial charge in [-0.2, -0.15) is 0 Å². The number of rotatable bonds is 8. The Morgan fingerprint density at radius 2 is 2.09 bits per heavy atom. The minimum atomic E-state index is -0.369. The maximum atomic E-state index is 12.5. The lowest BCUT2D eigenvalue weighted by molar-refractivity contribution is -0.145. The maximum absolute atomic E-state index is 12.5. The monoisotopic (exact) mass is 340 g/mol. The molecule has 0 radical (unpaired) electrons. The Hall–Kier alpha value is -1.75. The van der Waals surface area contributed by atoms with Crippen LogP contribution in [0.1, 0.15) is 33.1 Å². The van der Waals surface area contributed by atoms with Crippen molar-refractivity contribution in [2.24, 2.45) is 5.92 Å². The first kappa shape index (κ1) is 19.3. The first-order valence-corrected chi connectivity index (χ1v) is 8.25. The molecule has 0 aliphatic carbocycles. The summed E-state index contributed by atoms with van der Waals surface area (Å²) in [7, 11) is 1.35. The van der Waals surface area contributed by atoms with Gasteiger partial charge in [-0.05, 0) is 24.6 Å². The number of benzene rings is 1. The molecule has 2 amide bonds. The summed E-state index contributed by atoms with van der Waals surface area (Å²) in [5.41, 5.74) is 0.633. The van der Waals surface area contributed by atoms with Crippen LogP contribution in [0.25, 0.3) is 0 Å². The zero-order valence-electron chi connectivity index (χ0n) is 14.0. The summed E-state index contributed by atoms with van der Waals surface area (Å²) in [6, 6.07) is 6.75. The number of urea groups is 1. The van der Waals surface area contributed by atoms with Crippen molar-refractivity contribution in [3.63, 3.8) is 0 Å². The molecule has 0 aromatic heterocycles. The fourth-order valence-corrected chi connectivity index (χ4v) is 2.39. The molecule has 0 aliphatic heterocycles. The third-order valence-corrected chi connectivity index (χ3v) is 3.73. The fourth-order valence-electron chi connectivity index (χ4n) is 2.20. The van der Waals surface area contributed by atoms with E-state index in [0.29, 0.717) is 23.8 Å². The van der Waals surface area contributed by atoms with Gasteiger partial charge in [0.15, 0.2) is 0 Å². The van der Waals surface area contributed by atoms with Crippen LogP contribution in [0.2, 0.25) is 5.02 Å². The van der Waals surface area contributed by atoms with Crippen LogP contribution in [0.5, 0.6) is 0 Å². The minimum absolute atomic E-state index is 0.237. The quantitative estimate of drug-likeness (QED) is 0.570. The molecular weight excluding hydrogens is 316 g/mol. The number of nitrogens with one attached hydrogen (secondary N) is 1. The third kappa shape index (κ3) is 6.91. The molecule has 1 aromatic carbocycles. The van der Waals surface area contributed by atoms with Crippen molar-refractivity contribution in [2.75, 3.05) is 25.5 Å². The lowest BCUT2D eigenvalue weighted by Crippen LogP contribution is -2.40. The van der Waals surface area contributed by atoms with Crippen LogP contribution in [0.4, 0.5) is 10.5 Å². The molecule has 23 heavy (non-hydrogen) atoms. The van der Waals surface area contributed by atoms with Crippen molar-refractivity contribution in [3.05, 3.63) is 29.3 Å². The minimum Gasteiger partial charge on any atom is -0.469 e. The van der Waals surface area contributed by atoms with Crippen LogP contribution >= 0.6 is 11.6 Å². The van der Waals surface area contributed by atoms with Gasteiger partial charge >= 0.3 is 12.0 Å². The summed E-state index contributed by atoms with van der Waals surface area (Å²) in [5, 5.41) is 3.38. The second-order valence-electron chi connectivity index (χ2n) is 5.52. The van der Waals surface area contributed by atoms with Gasteiger partial charge in [-0.1, -0.05) is 44.4 Å². The van der Waals surface area contributed by atoms with E-state index >= 15 is 0 Å². The molecule has 0 spiro atoms. The number of unbranched alkanes of at least 4 members (excludes halogenated alkanes) is 2. The van der Waals surface area contributed by atoms with Gasteiger partial charge in [-0.25, -0.2) is 4.79 Å². The fraction of sp³-hybridized carbons (Fsp3) is 0.529. The van der Waals surface area contributed by atoms with Crippen molar-refractivity contribution >= 4 is 29.3 Å². The largest absolute Gasteiger partial charge is 0.469 e. The highest BCUT2D eigenvalue weighted by molar-refractivity contribution is 6.30. The molecule has 5 nitrogen and oxygen atoms in total. The second kappa shape index (κ2) is 10.1. The summed E-state index contributed by atoms with van der Waals surface area (Å²) in [6.45, 7) is 4.78. The van der Waals surface area contributed by atoms with Gasteiger partial charge in [-0.3, -0.25) is 4.79 Å². The smallest absolute Gasteiger partial charge is 0.321 e. The molecule has 1 N–H and O–H groups in total. The van der Waals surface area contributed by atoms with Crippen LogP contribution in [-0.4, -0.2) is 37.1 Å². The molecule has 0 saturated carbocycles. The van der Waals surface area contributed by atoms with E-state index < -0.39 is 0 Å². The van der Waals surface area contributed by atoms with E-state index in [1.165, 1.54) is 7.11 Å². The van der Waals surface area contributed by atoms with E-state index in [1.807, 2.05) is 0 Å². The average Bonchev–Trinajstić information content (AvgIpc) is 2.53. The lowest BCUT2D eigenvalue weighted by atomic mass is 10.1. The van der Waals surface area contributed by atoms with Gasteiger partial charge in [0.2, 0.25) is 0 Å². The number of amides is 2. The number of hydrogen-bond donors (Lipinski definition) is 1. The van der Waals surface area contributed by atoms with E-state index in [1.54, 1.807) is 36.1 Å². The summed E-state index contributed by atoms with van der Waals surface area (Å²) in [6.07, 6.45) is 3.00. The van der Waals surface area contributed by atoms with Gasteiger partial charge in [0.25, 0.3) is 0 Å². The van der Waals surface area contributed by atoms with Crippen molar-refractivity contribution in [3.8, 4) is 0 Å². The zero-order valence-corrected chi connectivity index (χ0v) is 14.7. The number of carbonyl (C=O) groups excluding carboxylic acids is 2. The highest BCUT2D eigenvalue weighted by Crippen LogP contribution is 2.16. The van der Waals surface area contributed by atoms with Gasteiger partial charge in [0.1, 0.15) is 0 Å². The number of nitrogens with zero attached hydrogens (tertiary/aromatic N) is 1. The lowest BCUT2D eigenvalue weighted by Gasteiger charge is -2.25. The Morgan fingerprint density at radius 3 is 2.70 bits per heavy atom.